The number of ether oxygens (including phenoxy) is 1. The average molecular weight is 251 g/mol. The van der Waals surface area contributed by atoms with Crippen LogP contribution in [0.3, 0.4) is 0 Å². The van der Waals surface area contributed by atoms with Crippen molar-refractivity contribution < 1.29 is 19.4 Å². The highest BCUT2D eigenvalue weighted by atomic mass is 16.5. The smallest absolute Gasteiger partial charge is 0.322 e. The fraction of sp³-hybridized carbons (Fsp3) is 0.385. The SMILES string of the molecule is CCCOc1cccc(CC(=O)NCC(=O)O)c1. The second kappa shape index (κ2) is 7.32. The molecule has 0 aliphatic heterocycles. The van der Waals surface area contributed by atoms with Gasteiger partial charge in [-0.05, 0) is 24.1 Å². The van der Waals surface area contributed by atoms with Gasteiger partial charge in [-0.3, -0.25) is 9.59 Å². The molecule has 1 aromatic rings. The molecule has 0 saturated heterocycles. The maximum Gasteiger partial charge on any atom is 0.322 e. The van der Waals surface area contributed by atoms with Gasteiger partial charge in [0.05, 0.1) is 13.0 Å². The lowest BCUT2D eigenvalue weighted by molar-refractivity contribution is -0.137. The molecule has 2 N–H and O–H groups in total. The van der Waals surface area contributed by atoms with Crippen LogP contribution in [0.5, 0.6) is 5.75 Å². The molecule has 0 unspecified atom stereocenters. The normalized spacial score (nSPS) is 9.83. The predicted molar refractivity (Wildman–Crippen MR) is 66.6 cm³/mol. The van der Waals surface area contributed by atoms with E-state index in [1.165, 1.54) is 0 Å². The van der Waals surface area contributed by atoms with Crippen molar-refractivity contribution in [3.8, 4) is 5.75 Å². The molecule has 0 atom stereocenters. The van der Waals surface area contributed by atoms with E-state index < -0.39 is 5.97 Å². The summed E-state index contributed by atoms with van der Waals surface area (Å²) in [6, 6.07) is 7.23. The minimum atomic E-state index is -1.05. The van der Waals surface area contributed by atoms with Gasteiger partial charge in [-0.2, -0.15) is 0 Å². The third kappa shape index (κ3) is 5.34. The van der Waals surface area contributed by atoms with Crippen LogP contribution in [0, 0.1) is 0 Å². The lowest BCUT2D eigenvalue weighted by atomic mass is 10.1. The van der Waals surface area contributed by atoms with Gasteiger partial charge in [-0.15, -0.1) is 0 Å². The van der Waals surface area contributed by atoms with Crippen molar-refractivity contribution in [3.05, 3.63) is 29.8 Å². The Morgan fingerprint density at radius 2 is 2.17 bits per heavy atom. The van der Waals surface area contributed by atoms with Crippen LogP contribution in [0.1, 0.15) is 18.9 Å². The van der Waals surface area contributed by atoms with Crippen LogP contribution in [-0.4, -0.2) is 30.1 Å². The van der Waals surface area contributed by atoms with Gasteiger partial charge in [0.25, 0.3) is 0 Å². The first-order valence-electron chi connectivity index (χ1n) is 5.82. The number of carboxylic acids is 1. The van der Waals surface area contributed by atoms with Crippen molar-refractivity contribution in [3.63, 3.8) is 0 Å². The molecule has 5 heteroatoms. The molecule has 0 radical (unpaired) electrons. The van der Waals surface area contributed by atoms with E-state index in [-0.39, 0.29) is 18.9 Å². The molecule has 0 aliphatic carbocycles. The fourth-order valence-corrected chi connectivity index (χ4v) is 1.39. The molecule has 98 valence electrons. The highest BCUT2D eigenvalue weighted by Gasteiger charge is 2.06. The number of amides is 1. The number of hydrogen-bond donors (Lipinski definition) is 2. The molecule has 0 heterocycles. The average Bonchev–Trinajstić information content (AvgIpc) is 2.34. The van der Waals surface area contributed by atoms with Gasteiger partial charge in [0.1, 0.15) is 12.3 Å². The van der Waals surface area contributed by atoms with Crippen molar-refractivity contribution in [2.75, 3.05) is 13.2 Å². The first kappa shape index (κ1) is 14.0. The molecule has 0 saturated carbocycles. The van der Waals surface area contributed by atoms with Crippen LogP contribution < -0.4 is 10.1 Å². The van der Waals surface area contributed by atoms with E-state index in [0.29, 0.717) is 6.61 Å². The zero-order valence-electron chi connectivity index (χ0n) is 10.3. The summed E-state index contributed by atoms with van der Waals surface area (Å²) in [4.78, 5) is 21.7. The number of hydrogen-bond acceptors (Lipinski definition) is 3. The Hall–Kier alpha value is -2.04. The molecule has 1 aromatic carbocycles. The van der Waals surface area contributed by atoms with Gasteiger partial charge < -0.3 is 15.2 Å². The van der Waals surface area contributed by atoms with Gasteiger partial charge in [0.15, 0.2) is 0 Å². The topological polar surface area (TPSA) is 75.6 Å². The summed E-state index contributed by atoms with van der Waals surface area (Å²) >= 11 is 0. The summed E-state index contributed by atoms with van der Waals surface area (Å²) in [5.74, 6) is -0.645. The van der Waals surface area contributed by atoms with Crippen LogP contribution in [0.25, 0.3) is 0 Å². The largest absolute Gasteiger partial charge is 0.494 e. The minimum Gasteiger partial charge on any atom is -0.494 e. The summed E-state index contributed by atoms with van der Waals surface area (Å²) in [7, 11) is 0. The molecule has 0 fully saturated rings. The van der Waals surface area contributed by atoms with Crippen molar-refractivity contribution in [2.24, 2.45) is 0 Å². The van der Waals surface area contributed by atoms with E-state index in [2.05, 4.69) is 5.32 Å². The molecule has 0 aliphatic rings. The zero-order chi connectivity index (χ0) is 13.4. The monoisotopic (exact) mass is 251 g/mol. The van der Waals surface area contributed by atoms with Gasteiger partial charge in [-0.25, -0.2) is 0 Å². The Morgan fingerprint density at radius 3 is 2.83 bits per heavy atom. The number of nitrogens with one attached hydrogen (secondary N) is 1. The summed E-state index contributed by atoms with van der Waals surface area (Å²) in [5, 5.41) is 10.7. The number of carboxylic acid groups (broad SMARTS) is 1. The van der Waals surface area contributed by atoms with E-state index in [9.17, 15) is 9.59 Å². The highest BCUT2D eigenvalue weighted by Crippen LogP contribution is 2.13. The van der Waals surface area contributed by atoms with E-state index >= 15 is 0 Å². The van der Waals surface area contributed by atoms with Crippen LogP contribution in [0.15, 0.2) is 24.3 Å². The Bertz CT molecular complexity index is 417. The van der Waals surface area contributed by atoms with E-state index in [1.54, 1.807) is 12.1 Å². The van der Waals surface area contributed by atoms with Gasteiger partial charge in [0, 0.05) is 0 Å². The summed E-state index contributed by atoms with van der Waals surface area (Å²) in [6.45, 7) is 2.29. The molecule has 0 spiro atoms. The number of rotatable bonds is 7. The molecular weight excluding hydrogens is 234 g/mol. The van der Waals surface area contributed by atoms with E-state index in [0.717, 1.165) is 17.7 Å². The highest BCUT2D eigenvalue weighted by molar-refractivity contribution is 5.82. The Kier molecular flexibility index (Phi) is 5.70. The molecule has 18 heavy (non-hydrogen) atoms. The number of benzene rings is 1. The molecule has 0 aromatic heterocycles. The standard InChI is InChI=1S/C13H17NO4/c1-2-6-18-11-5-3-4-10(7-11)8-12(15)14-9-13(16)17/h3-5,7H,2,6,8-9H2,1H3,(H,14,15)(H,16,17). The van der Waals surface area contributed by atoms with Crippen LogP contribution in [0.2, 0.25) is 0 Å². The second-order valence-electron chi connectivity index (χ2n) is 3.84. The Balaban J connectivity index is 2.50. The first-order chi connectivity index (χ1) is 8.61. The van der Waals surface area contributed by atoms with Crippen LogP contribution in [-0.2, 0) is 16.0 Å². The van der Waals surface area contributed by atoms with Crippen LogP contribution in [0.4, 0.5) is 0 Å². The molecule has 1 rings (SSSR count). The van der Waals surface area contributed by atoms with Gasteiger partial charge in [-0.1, -0.05) is 19.1 Å². The Labute approximate surface area is 106 Å². The Morgan fingerprint density at radius 1 is 1.39 bits per heavy atom. The molecular formula is C13H17NO4. The lowest BCUT2D eigenvalue weighted by Gasteiger charge is -2.07. The van der Waals surface area contributed by atoms with Gasteiger partial charge >= 0.3 is 5.97 Å². The lowest BCUT2D eigenvalue weighted by Crippen LogP contribution is -2.30. The molecule has 5 nitrogen and oxygen atoms in total. The number of carbonyl (C=O) groups excluding carboxylic acids is 1. The summed E-state index contributed by atoms with van der Waals surface area (Å²) < 4.78 is 5.45. The molecule has 1 amide bonds. The second-order valence-corrected chi connectivity index (χ2v) is 3.84. The maximum absolute atomic E-state index is 11.4. The quantitative estimate of drug-likeness (QED) is 0.764. The summed E-state index contributed by atoms with van der Waals surface area (Å²) in [5.41, 5.74) is 0.798. The number of aliphatic carboxylic acids is 1. The zero-order valence-corrected chi connectivity index (χ0v) is 10.3. The summed E-state index contributed by atoms with van der Waals surface area (Å²) in [6.07, 6.45) is 1.07. The maximum atomic E-state index is 11.4. The van der Waals surface area contributed by atoms with Crippen molar-refractivity contribution in [1.29, 1.82) is 0 Å². The third-order valence-electron chi connectivity index (χ3n) is 2.17. The third-order valence-corrected chi connectivity index (χ3v) is 2.17. The first-order valence-corrected chi connectivity index (χ1v) is 5.82. The van der Waals surface area contributed by atoms with Crippen molar-refractivity contribution in [1.82, 2.24) is 5.32 Å². The fourth-order valence-electron chi connectivity index (χ4n) is 1.39. The van der Waals surface area contributed by atoms with Crippen molar-refractivity contribution >= 4 is 11.9 Å². The van der Waals surface area contributed by atoms with Crippen molar-refractivity contribution in [2.45, 2.75) is 19.8 Å². The predicted octanol–water partition coefficient (Wildman–Crippen LogP) is 1.22. The minimum absolute atomic E-state index is 0.149. The van der Waals surface area contributed by atoms with E-state index in [1.807, 2.05) is 19.1 Å². The van der Waals surface area contributed by atoms with E-state index in [4.69, 9.17) is 9.84 Å². The van der Waals surface area contributed by atoms with Crippen LogP contribution >= 0.6 is 0 Å². The number of carbonyl (C=O) groups is 2. The van der Waals surface area contributed by atoms with Gasteiger partial charge in [0.2, 0.25) is 5.91 Å². The molecule has 0 bridgehead atoms.